The third-order valence-electron chi connectivity index (χ3n) is 8.67. The quantitative estimate of drug-likeness (QED) is 0.216. The highest BCUT2D eigenvalue weighted by atomic mass is 35.5. The summed E-state index contributed by atoms with van der Waals surface area (Å²) in [6.45, 7) is 1.45. The maximum absolute atomic E-state index is 15.0. The Bertz CT molecular complexity index is 2060. The van der Waals surface area contributed by atoms with Crippen LogP contribution in [0.4, 0.5) is 24.7 Å². The molecule has 2 amide bonds. The van der Waals surface area contributed by atoms with Crippen molar-refractivity contribution in [3.63, 3.8) is 0 Å². The van der Waals surface area contributed by atoms with E-state index in [0.29, 0.717) is 17.4 Å². The van der Waals surface area contributed by atoms with Crippen molar-refractivity contribution in [1.82, 2.24) is 9.88 Å². The van der Waals surface area contributed by atoms with E-state index in [9.17, 15) is 26.4 Å². The van der Waals surface area contributed by atoms with Crippen molar-refractivity contribution in [2.45, 2.75) is 23.1 Å². The fourth-order valence-electron chi connectivity index (χ4n) is 6.38. The highest BCUT2D eigenvalue weighted by Crippen LogP contribution is 2.54. The number of nitrogens with zero attached hydrogens (tertiary/aromatic N) is 4. The minimum Gasteiger partial charge on any atom is -0.497 e. The molecule has 2 aliphatic heterocycles. The highest BCUT2D eigenvalue weighted by Gasteiger charge is 2.59. The molecule has 1 atom stereocenters. The number of amides is 2. The summed E-state index contributed by atoms with van der Waals surface area (Å²) in [6, 6.07) is 18.6. The lowest BCUT2D eigenvalue weighted by Gasteiger charge is -2.37. The van der Waals surface area contributed by atoms with E-state index in [-0.39, 0.29) is 76.7 Å². The zero-order valence-electron chi connectivity index (χ0n) is 28.0. The second-order valence-electron chi connectivity index (χ2n) is 11.4. The Labute approximate surface area is 320 Å². The molecule has 0 bridgehead atoms. The third-order valence-corrected chi connectivity index (χ3v) is 10.6. The van der Waals surface area contributed by atoms with Crippen LogP contribution in [0.1, 0.15) is 17.5 Å². The first-order chi connectivity index (χ1) is 23.8. The molecule has 286 valence electrons. The molecule has 4 aromatic rings. The van der Waals surface area contributed by atoms with E-state index in [1.165, 1.54) is 38.5 Å². The summed E-state index contributed by atoms with van der Waals surface area (Å²) in [7, 11) is -2.62. The monoisotopic (exact) mass is 820 g/mol. The number of alkyl halides is 3. The van der Waals surface area contributed by atoms with Crippen molar-refractivity contribution in [2.24, 2.45) is 0 Å². The summed E-state index contributed by atoms with van der Waals surface area (Å²) < 4.78 is 84.7. The molecule has 0 radical (unpaired) electrons. The number of carbonyl (C=O) groups excluding carboxylic acids is 2. The van der Waals surface area contributed by atoms with E-state index < -0.39 is 50.7 Å². The van der Waals surface area contributed by atoms with Crippen LogP contribution >= 0.6 is 36.4 Å². The topological polar surface area (TPSA) is 150 Å². The van der Waals surface area contributed by atoms with Crippen LogP contribution in [-0.2, 0) is 25.0 Å². The molecule has 12 nitrogen and oxygen atoms in total. The molecule has 53 heavy (non-hydrogen) atoms. The van der Waals surface area contributed by atoms with E-state index >= 15 is 4.79 Å². The third kappa shape index (κ3) is 8.06. The van der Waals surface area contributed by atoms with Gasteiger partial charge in [-0.3, -0.25) is 9.59 Å². The molecule has 0 saturated carbocycles. The van der Waals surface area contributed by atoms with Crippen molar-refractivity contribution in [3.05, 3.63) is 101 Å². The first kappa shape index (κ1) is 42.9. The van der Waals surface area contributed by atoms with Crippen LogP contribution in [-0.4, -0.2) is 82.4 Å². The van der Waals surface area contributed by atoms with E-state index in [4.69, 9.17) is 21.1 Å². The van der Waals surface area contributed by atoms with Gasteiger partial charge in [-0.2, -0.15) is 0 Å². The summed E-state index contributed by atoms with van der Waals surface area (Å²) in [5, 5.41) is 0.122. The normalized spacial score (nSPS) is 16.8. The van der Waals surface area contributed by atoms with E-state index in [1.807, 2.05) is 17.0 Å². The number of piperazine rings is 1. The van der Waals surface area contributed by atoms with Gasteiger partial charge in [0.15, 0.2) is 5.75 Å². The number of benzene rings is 3. The fraction of sp³-hybridized carbons (Fsp3) is 0.265. The standard InChI is InChI=1S/C34H30ClF3N4O7S.2ClH.H2O/c1-47-23-11-13-29(28(20-23)49-34(36,37)38)50(45,46)42-26-12-10-22(35)19-25(26)33(32(42)44,24-7-3-4-8-27(24)48-2)21-31(43)41-17-15-40(16-18-41)30-9-5-6-14-39-30;;;/h3-14,19-20H,15-18,21H2,1-2H3;2*1H;1H2. The largest absolute Gasteiger partial charge is 0.573 e. The molecular formula is C34H34Cl3F3N4O8S. The van der Waals surface area contributed by atoms with Gasteiger partial charge in [-0.25, -0.2) is 17.7 Å². The van der Waals surface area contributed by atoms with Crippen LogP contribution in [0.3, 0.4) is 0 Å². The first-order valence-electron chi connectivity index (χ1n) is 15.2. The van der Waals surface area contributed by atoms with Gasteiger partial charge in [0.1, 0.15) is 27.6 Å². The van der Waals surface area contributed by atoms with Crippen LogP contribution in [0, 0.1) is 0 Å². The zero-order chi connectivity index (χ0) is 35.8. The van der Waals surface area contributed by atoms with Crippen LogP contribution in [0.15, 0.2) is 90.0 Å². The lowest BCUT2D eigenvalue weighted by Crippen LogP contribution is -2.52. The molecule has 0 aliphatic carbocycles. The predicted molar refractivity (Wildman–Crippen MR) is 195 cm³/mol. The molecule has 6 rings (SSSR count). The van der Waals surface area contributed by atoms with Crippen molar-refractivity contribution in [1.29, 1.82) is 0 Å². The van der Waals surface area contributed by atoms with E-state index in [2.05, 4.69) is 9.72 Å². The Morgan fingerprint density at radius 2 is 1.57 bits per heavy atom. The molecule has 3 aromatic carbocycles. The number of para-hydroxylation sites is 1. The average molecular weight is 822 g/mol. The van der Waals surface area contributed by atoms with Gasteiger partial charge in [-0.05, 0) is 54.1 Å². The number of rotatable bonds is 9. The molecular weight excluding hydrogens is 788 g/mol. The lowest BCUT2D eigenvalue weighted by molar-refractivity contribution is -0.275. The number of ether oxygens (including phenoxy) is 3. The molecule has 0 spiro atoms. The number of methoxy groups -OCH3 is 2. The van der Waals surface area contributed by atoms with Gasteiger partial charge < -0.3 is 29.5 Å². The minimum absolute atomic E-state index is 0. The maximum atomic E-state index is 15.0. The van der Waals surface area contributed by atoms with Crippen LogP contribution < -0.4 is 23.4 Å². The maximum Gasteiger partial charge on any atom is 0.573 e. The molecule has 1 unspecified atom stereocenters. The van der Waals surface area contributed by atoms with E-state index in [0.717, 1.165) is 24.0 Å². The van der Waals surface area contributed by atoms with E-state index in [1.54, 1.807) is 35.4 Å². The summed E-state index contributed by atoms with van der Waals surface area (Å²) in [6.07, 6.45) is -4.17. The molecule has 1 aromatic heterocycles. The van der Waals surface area contributed by atoms with Gasteiger partial charge in [0.2, 0.25) is 5.91 Å². The van der Waals surface area contributed by atoms with Gasteiger partial charge >= 0.3 is 6.36 Å². The fourth-order valence-corrected chi connectivity index (χ4v) is 8.14. The first-order valence-corrected chi connectivity index (χ1v) is 17.0. The van der Waals surface area contributed by atoms with Crippen LogP contribution in [0.25, 0.3) is 0 Å². The summed E-state index contributed by atoms with van der Waals surface area (Å²) in [4.78, 5) is 36.3. The average Bonchev–Trinajstić information content (AvgIpc) is 3.35. The Kier molecular flexibility index (Phi) is 13.5. The summed E-state index contributed by atoms with van der Waals surface area (Å²) in [5.41, 5.74) is -2.02. The summed E-state index contributed by atoms with van der Waals surface area (Å²) >= 11 is 6.45. The number of sulfonamides is 1. The number of fused-ring (bicyclic) bond motifs is 1. The Morgan fingerprint density at radius 3 is 2.19 bits per heavy atom. The van der Waals surface area contributed by atoms with Crippen molar-refractivity contribution >= 4 is 69.8 Å². The number of hydrogen-bond acceptors (Lipinski definition) is 9. The van der Waals surface area contributed by atoms with Gasteiger partial charge in [0.25, 0.3) is 15.9 Å². The van der Waals surface area contributed by atoms with Gasteiger partial charge in [0.05, 0.1) is 19.9 Å². The smallest absolute Gasteiger partial charge is 0.497 e. The molecule has 2 aliphatic rings. The molecule has 1 fully saturated rings. The van der Waals surface area contributed by atoms with Crippen LogP contribution in [0.5, 0.6) is 17.2 Å². The minimum atomic E-state index is -5.29. The zero-order valence-corrected chi connectivity index (χ0v) is 31.2. The number of pyridine rings is 1. The lowest BCUT2D eigenvalue weighted by atomic mass is 9.72. The van der Waals surface area contributed by atoms with Gasteiger partial charge in [-0.1, -0.05) is 35.9 Å². The number of hydrogen-bond donors (Lipinski definition) is 0. The number of aromatic nitrogens is 1. The van der Waals surface area contributed by atoms with Gasteiger partial charge in [-0.15, -0.1) is 38.0 Å². The molecule has 3 heterocycles. The Balaban J connectivity index is 0.00000252. The van der Waals surface area contributed by atoms with Gasteiger partial charge in [0, 0.05) is 55.4 Å². The Hall–Kier alpha value is -4.48. The van der Waals surface area contributed by atoms with Crippen molar-refractivity contribution in [2.75, 3.05) is 49.6 Å². The number of carbonyl (C=O) groups is 2. The molecule has 19 heteroatoms. The predicted octanol–water partition coefficient (Wildman–Crippen LogP) is 5.43. The second-order valence-corrected chi connectivity index (χ2v) is 13.6. The van der Waals surface area contributed by atoms with Crippen molar-refractivity contribution < 1.29 is 50.9 Å². The Morgan fingerprint density at radius 1 is 0.887 bits per heavy atom. The van der Waals surface area contributed by atoms with Crippen LogP contribution in [0.2, 0.25) is 5.02 Å². The number of anilines is 2. The van der Waals surface area contributed by atoms with Crippen molar-refractivity contribution in [3.8, 4) is 17.2 Å². The SMILES string of the molecule is COc1ccc(S(=O)(=O)N2C(=O)C(CC(=O)N3CCN(c4ccccn4)CC3)(c3ccccc3OC)c3cc(Cl)ccc32)c(OC(F)(F)F)c1.Cl.Cl.O. The molecule has 2 N–H and O–H groups in total. The second kappa shape index (κ2) is 16.7. The highest BCUT2D eigenvalue weighted by molar-refractivity contribution is 7.93. The number of halogens is 6. The molecule has 1 saturated heterocycles. The summed E-state index contributed by atoms with van der Waals surface area (Å²) in [5.74, 6) is -1.91.